The lowest BCUT2D eigenvalue weighted by Gasteiger charge is -2.30. The highest BCUT2D eigenvalue weighted by Gasteiger charge is 2.38. The lowest BCUT2D eigenvalue weighted by Crippen LogP contribution is -2.34. The average Bonchev–Trinajstić information content (AvgIpc) is 2.42. The highest BCUT2D eigenvalue weighted by molar-refractivity contribution is 9.09. The summed E-state index contributed by atoms with van der Waals surface area (Å²) in [5.74, 6) is 0. The van der Waals surface area contributed by atoms with Crippen molar-refractivity contribution >= 4 is 15.9 Å². The van der Waals surface area contributed by atoms with Gasteiger partial charge in [-0.2, -0.15) is 5.26 Å². The fourth-order valence-corrected chi connectivity index (χ4v) is 2.88. The largest absolute Gasteiger partial charge is 0.197 e. The van der Waals surface area contributed by atoms with Crippen molar-refractivity contribution in [2.75, 3.05) is 0 Å². The van der Waals surface area contributed by atoms with E-state index in [1.165, 1.54) is 0 Å². The van der Waals surface area contributed by atoms with E-state index < -0.39 is 5.41 Å². The van der Waals surface area contributed by atoms with E-state index in [9.17, 15) is 5.26 Å². The molecule has 18 heavy (non-hydrogen) atoms. The van der Waals surface area contributed by atoms with E-state index in [-0.39, 0.29) is 4.83 Å². The summed E-state index contributed by atoms with van der Waals surface area (Å²) in [6, 6.07) is 22.4. The third-order valence-corrected chi connectivity index (χ3v) is 3.92. The Morgan fingerprint density at radius 2 is 1.33 bits per heavy atom. The summed E-state index contributed by atoms with van der Waals surface area (Å²) < 4.78 is 0. The molecule has 0 saturated carbocycles. The Kier molecular flexibility index (Phi) is 3.84. The lowest BCUT2D eigenvalue weighted by atomic mass is 9.74. The van der Waals surface area contributed by atoms with Gasteiger partial charge < -0.3 is 0 Å². The van der Waals surface area contributed by atoms with Crippen molar-refractivity contribution in [2.45, 2.75) is 17.2 Å². The summed E-state index contributed by atoms with van der Waals surface area (Å²) in [4.78, 5) is 0.0276. The predicted octanol–water partition coefficient (Wildman–Crippen LogP) is 4.28. The van der Waals surface area contributed by atoms with Crippen molar-refractivity contribution < 1.29 is 0 Å². The average molecular weight is 300 g/mol. The van der Waals surface area contributed by atoms with Gasteiger partial charge in [-0.25, -0.2) is 0 Å². The Balaban J connectivity index is 2.67. The molecule has 1 unspecified atom stereocenters. The third kappa shape index (κ3) is 2.07. The van der Waals surface area contributed by atoms with E-state index in [4.69, 9.17) is 0 Å². The maximum absolute atomic E-state index is 9.77. The topological polar surface area (TPSA) is 23.8 Å². The van der Waals surface area contributed by atoms with Crippen LogP contribution in [-0.2, 0) is 5.41 Å². The van der Waals surface area contributed by atoms with Gasteiger partial charge in [-0.1, -0.05) is 83.5 Å². The minimum Gasteiger partial charge on any atom is -0.197 e. The number of hydrogen-bond acceptors (Lipinski definition) is 1. The molecule has 90 valence electrons. The second-order valence-electron chi connectivity index (χ2n) is 4.27. The van der Waals surface area contributed by atoms with Crippen molar-refractivity contribution in [1.29, 1.82) is 5.26 Å². The van der Waals surface area contributed by atoms with Crippen LogP contribution in [0.15, 0.2) is 60.7 Å². The molecule has 0 spiro atoms. The number of hydrogen-bond donors (Lipinski definition) is 0. The van der Waals surface area contributed by atoms with Gasteiger partial charge in [-0.3, -0.25) is 0 Å². The zero-order chi connectivity index (χ0) is 13.0. The smallest absolute Gasteiger partial charge is 0.119 e. The van der Waals surface area contributed by atoms with Gasteiger partial charge in [0.05, 0.1) is 6.07 Å². The first-order valence-electron chi connectivity index (χ1n) is 5.88. The first-order chi connectivity index (χ1) is 8.71. The molecule has 0 bridgehead atoms. The van der Waals surface area contributed by atoms with Crippen LogP contribution in [0.1, 0.15) is 18.1 Å². The van der Waals surface area contributed by atoms with E-state index in [0.717, 1.165) is 11.1 Å². The maximum atomic E-state index is 9.77. The molecule has 0 aliphatic heterocycles. The second kappa shape index (κ2) is 5.37. The van der Waals surface area contributed by atoms with E-state index in [1.54, 1.807) is 0 Å². The zero-order valence-electron chi connectivity index (χ0n) is 10.2. The summed E-state index contributed by atoms with van der Waals surface area (Å²) in [5, 5.41) is 9.77. The molecule has 0 N–H and O–H groups in total. The quantitative estimate of drug-likeness (QED) is 0.776. The number of nitrogens with zero attached hydrogens (tertiary/aromatic N) is 1. The summed E-state index contributed by atoms with van der Waals surface area (Å²) in [6.45, 7) is 2.02. The van der Waals surface area contributed by atoms with Gasteiger partial charge in [0.1, 0.15) is 5.41 Å². The van der Waals surface area contributed by atoms with Gasteiger partial charge in [0.25, 0.3) is 0 Å². The van der Waals surface area contributed by atoms with Crippen molar-refractivity contribution in [3.63, 3.8) is 0 Å². The monoisotopic (exact) mass is 299 g/mol. The van der Waals surface area contributed by atoms with E-state index in [0.29, 0.717) is 0 Å². The Labute approximate surface area is 116 Å². The number of rotatable bonds is 3. The first-order valence-corrected chi connectivity index (χ1v) is 6.79. The van der Waals surface area contributed by atoms with Gasteiger partial charge in [0.2, 0.25) is 0 Å². The van der Waals surface area contributed by atoms with E-state index >= 15 is 0 Å². The van der Waals surface area contributed by atoms with Crippen LogP contribution < -0.4 is 0 Å². The van der Waals surface area contributed by atoms with Gasteiger partial charge in [-0.05, 0) is 11.1 Å². The minimum absolute atomic E-state index is 0.0276. The molecule has 2 rings (SSSR count). The number of alkyl halides is 1. The molecule has 0 fully saturated rings. The van der Waals surface area contributed by atoms with Crippen LogP contribution in [0.4, 0.5) is 0 Å². The van der Waals surface area contributed by atoms with E-state index in [2.05, 4.69) is 22.0 Å². The molecule has 2 aromatic rings. The van der Waals surface area contributed by atoms with Gasteiger partial charge in [-0.15, -0.1) is 0 Å². The Morgan fingerprint density at radius 3 is 1.61 bits per heavy atom. The molecular formula is C16H14BrN. The van der Waals surface area contributed by atoms with Crippen molar-refractivity contribution in [1.82, 2.24) is 0 Å². The van der Waals surface area contributed by atoms with E-state index in [1.807, 2.05) is 67.6 Å². The fourth-order valence-electron chi connectivity index (χ4n) is 2.25. The van der Waals surface area contributed by atoms with Crippen LogP contribution in [0, 0.1) is 11.3 Å². The van der Waals surface area contributed by atoms with Crippen molar-refractivity contribution in [3.8, 4) is 6.07 Å². The SMILES string of the molecule is CC(Br)C(C#N)(c1ccccc1)c1ccccc1. The molecule has 0 amide bonds. The van der Waals surface area contributed by atoms with Gasteiger partial charge in [0, 0.05) is 4.83 Å². The lowest BCUT2D eigenvalue weighted by molar-refractivity contribution is 0.657. The highest BCUT2D eigenvalue weighted by Crippen LogP contribution is 2.38. The number of nitriles is 1. The minimum atomic E-state index is -0.650. The Hall–Kier alpha value is -1.59. The predicted molar refractivity (Wildman–Crippen MR) is 77.7 cm³/mol. The molecule has 0 radical (unpaired) electrons. The van der Waals surface area contributed by atoms with Gasteiger partial charge in [0.15, 0.2) is 0 Å². The molecule has 0 aliphatic rings. The Bertz CT molecular complexity index is 501. The summed E-state index contributed by atoms with van der Waals surface area (Å²) >= 11 is 3.61. The van der Waals surface area contributed by atoms with Crippen LogP contribution >= 0.6 is 15.9 Å². The third-order valence-electron chi connectivity index (χ3n) is 3.23. The van der Waals surface area contributed by atoms with Crippen LogP contribution in [0.2, 0.25) is 0 Å². The Morgan fingerprint density at radius 1 is 0.944 bits per heavy atom. The molecule has 0 saturated heterocycles. The molecule has 0 aliphatic carbocycles. The molecular weight excluding hydrogens is 286 g/mol. The molecule has 0 aromatic heterocycles. The van der Waals surface area contributed by atoms with Crippen LogP contribution in [0.3, 0.4) is 0 Å². The molecule has 2 aromatic carbocycles. The summed E-state index contributed by atoms with van der Waals surface area (Å²) in [5.41, 5.74) is 1.38. The van der Waals surface area contributed by atoms with Crippen LogP contribution in [0.25, 0.3) is 0 Å². The molecule has 1 atom stereocenters. The molecule has 2 heteroatoms. The molecule has 1 nitrogen and oxygen atoms in total. The van der Waals surface area contributed by atoms with Gasteiger partial charge >= 0.3 is 0 Å². The van der Waals surface area contributed by atoms with Crippen molar-refractivity contribution in [3.05, 3.63) is 71.8 Å². The maximum Gasteiger partial charge on any atom is 0.119 e. The standard InChI is InChI=1S/C16H14BrN/c1-13(17)16(12-18,14-8-4-2-5-9-14)15-10-6-3-7-11-15/h2-11,13H,1H3. The number of halogens is 1. The summed E-state index contributed by atoms with van der Waals surface area (Å²) in [6.07, 6.45) is 0. The second-order valence-corrected chi connectivity index (χ2v) is 5.64. The number of benzene rings is 2. The molecule has 0 heterocycles. The van der Waals surface area contributed by atoms with Crippen molar-refractivity contribution in [2.24, 2.45) is 0 Å². The van der Waals surface area contributed by atoms with Crippen LogP contribution in [0.5, 0.6) is 0 Å². The summed E-state index contributed by atoms with van der Waals surface area (Å²) in [7, 11) is 0. The zero-order valence-corrected chi connectivity index (χ0v) is 11.8. The normalized spacial score (nSPS) is 12.7. The first kappa shape index (κ1) is 12.9. The van der Waals surface area contributed by atoms with Crippen LogP contribution in [-0.4, -0.2) is 4.83 Å². The fraction of sp³-hybridized carbons (Fsp3) is 0.188. The highest BCUT2D eigenvalue weighted by atomic mass is 79.9.